The molecule has 4 aromatic heterocycles. The molecule has 3 N–H and O–H groups in total. The molecule has 0 spiro atoms. The van der Waals surface area contributed by atoms with Crippen LogP contribution in [0.4, 0.5) is 0 Å². The number of nitrogens with two attached hydrogens (primary N) is 1. The molecule has 2 aromatic carbocycles. The Morgan fingerprint density at radius 1 is 0.682 bits per heavy atom. The fourth-order valence-electron chi connectivity index (χ4n) is 5.07. The van der Waals surface area contributed by atoms with Gasteiger partial charge >= 0.3 is 0 Å². The number of aromatic nitrogens is 4. The van der Waals surface area contributed by atoms with Crippen LogP contribution in [-0.2, 0) is 14.1 Å². The Hall–Kier alpha value is -4.99. The van der Waals surface area contributed by atoms with Crippen molar-refractivity contribution in [3.8, 4) is 22.5 Å². The van der Waals surface area contributed by atoms with Crippen LogP contribution in [0.1, 0.15) is 22.3 Å². The first-order valence-electron chi connectivity index (χ1n) is 13.7. The second-order valence-corrected chi connectivity index (χ2v) is 10.4. The number of halogens is 2. The van der Waals surface area contributed by atoms with Gasteiger partial charge in [0.1, 0.15) is 12.4 Å². The lowest BCUT2D eigenvalue weighted by Crippen LogP contribution is -3.00. The van der Waals surface area contributed by atoms with Crippen molar-refractivity contribution < 1.29 is 21.2 Å². The van der Waals surface area contributed by atoms with Crippen LogP contribution in [0.5, 0.6) is 0 Å². The van der Waals surface area contributed by atoms with E-state index in [4.69, 9.17) is 5.73 Å². The zero-order valence-electron chi connectivity index (χ0n) is 24.9. The number of benzene rings is 2. The topological polar surface area (TPSA) is 93.2 Å². The number of pyridine rings is 2. The van der Waals surface area contributed by atoms with Gasteiger partial charge in [-0.05, 0) is 72.5 Å². The molecular weight excluding hydrogens is 593 g/mol. The van der Waals surface area contributed by atoms with Crippen molar-refractivity contribution in [2.45, 2.75) is 13.8 Å². The SMILES string of the molecule is Cc1ccc2n(C)c(-c3ccc(C=NN=C(N)NN=Cc4ccc(-c5c[n+]6cc(C)ccc6n5C)cc4)cc3)c[n+]2c1.Cl.[Cl-]. The van der Waals surface area contributed by atoms with Crippen molar-refractivity contribution in [1.29, 1.82) is 0 Å². The minimum atomic E-state index is 0. The second kappa shape index (κ2) is 13.5. The van der Waals surface area contributed by atoms with Gasteiger partial charge in [-0.25, -0.2) is 23.4 Å². The van der Waals surface area contributed by atoms with E-state index in [0.717, 1.165) is 44.9 Å². The standard InChI is InChI=1S/C33H33N9.2ClH/c1-23-5-15-31-39(3)29(21-41(31)19-23)27-11-7-25(8-12-27)17-35-37-33(34)38-36-18-26-9-13-28(14-10-26)30-22-42-20-24(2)6-16-32(42)40(30)4;;/h5-22H,1-4H3,(H3,34,37,38);2*1H/q+2;;/p-1. The van der Waals surface area contributed by atoms with E-state index in [2.05, 4.69) is 140 Å². The summed E-state index contributed by atoms with van der Waals surface area (Å²) in [6.45, 7) is 4.19. The van der Waals surface area contributed by atoms with Crippen LogP contribution < -0.4 is 32.4 Å². The molecule has 0 bridgehead atoms. The van der Waals surface area contributed by atoms with Gasteiger partial charge in [0.2, 0.25) is 5.96 Å². The Balaban J connectivity index is 0.00000221. The maximum atomic E-state index is 5.93. The predicted octanol–water partition coefficient (Wildman–Crippen LogP) is 1.49. The number of hydrogen-bond acceptors (Lipinski definition) is 3. The summed E-state index contributed by atoms with van der Waals surface area (Å²) in [6, 6.07) is 24.8. The zero-order chi connectivity index (χ0) is 29.2. The van der Waals surface area contributed by atoms with Crippen molar-refractivity contribution in [3.63, 3.8) is 0 Å². The number of aryl methyl sites for hydroxylation is 4. The predicted molar refractivity (Wildman–Crippen MR) is 175 cm³/mol. The Kier molecular flexibility index (Phi) is 9.83. The molecule has 0 aliphatic heterocycles. The molecule has 6 rings (SSSR count). The molecule has 0 aliphatic rings. The van der Waals surface area contributed by atoms with Crippen LogP contribution in [0, 0.1) is 13.8 Å². The molecule has 9 nitrogen and oxygen atoms in total. The van der Waals surface area contributed by atoms with Crippen LogP contribution in [0.25, 0.3) is 33.8 Å². The Morgan fingerprint density at radius 2 is 1.14 bits per heavy atom. The van der Waals surface area contributed by atoms with E-state index in [1.54, 1.807) is 12.4 Å². The van der Waals surface area contributed by atoms with Gasteiger partial charge in [0.15, 0.2) is 11.4 Å². The molecule has 6 aromatic rings. The smallest absolute Gasteiger partial charge is 0.286 e. The number of nitrogens with zero attached hydrogens (tertiary/aromatic N) is 7. The maximum absolute atomic E-state index is 5.93. The molecule has 0 atom stereocenters. The third-order valence-electron chi connectivity index (χ3n) is 7.32. The highest BCUT2D eigenvalue weighted by molar-refractivity contribution is 5.86. The number of hydrazone groups is 1. The number of fused-ring (bicyclic) bond motifs is 2. The zero-order valence-corrected chi connectivity index (χ0v) is 26.5. The van der Waals surface area contributed by atoms with Crippen molar-refractivity contribution in [2.24, 2.45) is 35.1 Å². The molecule has 0 radical (unpaired) electrons. The number of nitrogens with one attached hydrogen (secondary N) is 1. The summed E-state index contributed by atoms with van der Waals surface area (Å²) in [5.74, 6) is 0.0985. The lowest BCUT2D eigenvalue weighted by atomic mass is 10.1. The van der Waals surface area contributed by atoms with E-state index < -0.39 is 0 Å². The Morgan fingerprint density at radius 3 is 1.61 bits per heavy atom. The van der Waals surface area contributed by atoms with Gasteiger partial charge in [-0.3, -0.25) is 0 Å². The number of guanidine groups is 1. The molecule has 0 fully saturated rings. The van der Waals surface area contributed by atoms with Crippen molar-refractivity contribution in [1.82, 2.24) is 14.6 Å². The van der Waals surface area contributed by atoms with Crippen LogP contribution >= 0.6 is 12.4 Å². The van der Waals surface area contributed by atoms with Gasteiger partial charge in [-0.15, -0.1) is 17.5 Å². The van der Waals surface area contributed by atoms with E-state index in [1.165, 1.54) is 11.1 Å². The first-order valence-corrected chi connectivity index (χ1v) is 13.7. The molecular formula is C33H34Cl2N9+. The maximum Gasteiger partial charge on any atom is 0.286 e. The number of hydrogen-bond donors (Lipinski definition) is 2. The number of rotatable bonds is 6. The molecule has 11 heteroatoms. The van der Waals surface area contributed by atoms with Crippen molar-refractivity contribution >= 4 is 42.1 Å². The molecule has 0 amide bonds. The summed E-state index contributed by atoms with van der Waals surface area (Å²) in [7, 11) is 4.15. The summed E-state index contributed by atoms with van der Waals surface area (Å²) in [4.78, 5) is 0. The van der Waals surface area contributed by atoms with Gasteiger partial charge in [0.05, 0.1) is 38.9 Å². The highest BCUT2D eigenvalue weighted by atomic mass is 35.5. The summed E-state index contributed by atoms with van der Waals surface area (Å²) in [5.41, 5.74) is 19.7. The normalized spacial score (nSPS) is 11.8. The van der Waals surface area contributed by atoms with Crippen molar-refractivity contribution in [2.75, 3.05) is 0 Å². The Bertz CT molecular complexity index is 2000. The lowest BCUT2D eigenvalue weighted by Gasteiger charge is -2.00. The molecule has 0 unspecified atom stereocenters. The molecule has 44 heavy (non-hydrogen) atoms. The average molecular weight is 628 g/mol. The third kappa shape index (κ3) is 6.64. The largest absolute Gasteiger partial charge is 1.00 e. The van der Waals surface area contributed by atoms with E-state index in [9.17, 15) is 0 Å². The van der Waals surface area contributed by atoms with Crippen LogP contribution in [0.3, 0.4) is 0 Å². The highest BCUT2D eigenvalue weighted by Gasteiger charge is 2.16. The molecule has 0 saturated carbocycles. The fraction of sp³-hybridized carbons (Fsp3) is 0.121. The summed E-state index contributed by atoms with van der Waals surface area (Å²) in [6.07, 6.45) is 11.9. The van der Waals surface area contributed by atoms with Gasteiger partial charge in [0.25, 0.3) is 11.3 Å². The first kappa shape index (κ1) is 31.9. The minimum Gasteiger partial charge on any atom is -1.00 e. The van der Waals surface area contributed by atoms with E-state index in [1.807, 2.05) is 24.3 Å². The average Bonchev–Trinajstić information content (AvgIpc) is 3.49. The van der Waals surface area contributed by atoms with Gasteiger partial charge < -0.3 is 18.1 Å². The van der Waals surface area contributed by atoms with E-state index in [-0.39, 0.29) is 30.8 Å². The van der Waals surface area contributed by atoms with E-state index >= 15 is 0 Å². The minimum absolute atomic E-state index is 0. The summed E-state index contributed by atoms with van der Waals surface area (Å²) < 4.78 is 8.66. The quantitative estimate of drug-likeness (QED) is 0.127. The van der Waals surface area contributed by atoms with Crippen molar-refractivity contribution in [3.05, 3.63) is 120 Å². The molecule has 0 saturated heterocycles. The highest BCUT2D eigenvalue weighted by Crippen LogP contribution is 2.21. The van der Waals surface area contributed by atoms with Gasteiger partial charge in [-0.2, -0.15) is 10.2 Å². The summed E-state index contributed by atoms with van der Waals surface area (Å²) in [5, 5.41) is 12.3. The summed E-state index contributed by atoms with van der Waals surface area (Å²) >= 11 is 0. The Labute approximate surface area is 268 Å². The van der Waals surface area contributed by atoms with Crippen LogP contribution in [-0.4, -0.2) is 27.5 Å². The molecule has 0 aliphatic carbocycles. The monoisotopic (exact) mass is 626 g/mol. The first-order chi connectivity index (χ1) is 20.4. The van der Waals surface area contributed by atoms with Gasteiger partial charge in [0, 0.05) is 23.3 Å². The molecule has 4 heterocycles. The van der Waals surface area contributed by atoms with Crippen LogP contribution in [0.2, 0.25) is 0 Å². The third-order valence-corrected chi connectivity index (χ3v) is 7.32. The van der Waals surface area contributed by atoms with E-state index in [0.29, 0.717) is 0 Å². The number of imidazole rings is 2. The van der Waals surface area contributed by atoms with Crippen LogP contribution in [0.15, 0.2) is 113 Å². The lowest BCUT2D eigenvalue weighted by molar-refractivity contribution is -0.511. The van der Waals surface area contributed by atoms with Gasteiger partial charge in [-0.1, -0.05) is 24.3 Å². The second-order valence-electron chi connectivity index (χ2n) is 10.4. The molecule has 224 valence electrons. The fourth-order valence-corrected chi connectivity index (χ4v) is 5.07.